The van der Waals surface area contributed by atoms with E-state index in [1.165, 1.54) is 7.11 Å². The molecule has 1 aromatic rings. The van der Waals surface area contributed by atoms with E-state index < -0.39 is 0 Å². The summed E-state index contributed by atoms with van der Waals surface area (Å²) in [5, 5.41) is 10.3. The monoisotopic (exact) mass is 311 g/mol. The molecule has 6 nitrogen and oxygen atoms in total. The lowest BCUT2D eigenvalue weighted by atomic mass is 10.1. The van der Waals surface area contributed by atoms with Crippen molar-refractivity contribution >= 4 is 5.97 Å². The number of rotatable bonds is 4. The molecule has 118 valence electrons. The van der Waals surface area contributed by atoms with Gasteiger partial charge in [0.2, 0.25) is 5.88 Å². The normalized spacial score (nSPS) is 10.9. The van der Waals surface area contributed by atoms with Crippen LogP contribution in [0, 0.1) is 6.92 Å². The van der Waals surface area contributed by atoms with Gasteiger partial charge in [-0.25, -0.2) is 14.8 Å². The van der Waals surface area contributed by atoms with Crippen molar-refractivity contribution in [1.29, 1.82) is 0 Å². The predicted octanol–water partition coefficient (Wildman–Crippen LogP) is 2.43. The number of aryl methyl sites for hydroxylation is 3. The van der Waals surface area contributed by atoms with Crippen LogP contribution in [-0.4, -0.2) is 32.7 Å². The Kier molecular flexibility index (Phi) is 3.97. The number of hydrogen-bond donors (Lipinski definition) is 1. The molecular weight excluding hydrogens is 294 g/mol. The Bertz CT molecular complexity index is 809. The van der Waals surface area contributed by atoms with E-state index in [0.717, 1.165) is 11.3 Å². The lowest BCUT2D eigenvalue weighted by Gasteiger charge is -2.11. The number of nitrogens with zero attached hydrogens (tertiary/aromatic N) is 3. The first-order valence-corrected chi connectivity index (χ1v) is 7.27. The van der Waals surface area contributed by atoms with E-state index in [4.69, 9.17) is 0 Å². The molecule has 0 aromatic heterocycles. The van der Waals surface area contributed by atoms with Crippen molar-refractivity contribution in [2.24, 2.45) is 0 Å². The molecule has 0 aliphatic carbocycles. The Morgan fingerprint density at radius 2 is 2.04 bits per heavy atom. The van der Waals surface area contributed by atoms with E-state index in [2.05, 4.69) is 14.7 Å². The van der Waals surface area contributed by atoms with E-state index in [9.17, 15) is 9.90 Å². The van der Waals surface area contributed by atoms with E-state index in [1.54, 1.807) is 23.0 Å². The highest BCUT2D eigenvalue weighted by molar-refractivity contribution is 5.89. The first kappa shape index (κ1) is 15.0. The number of carbonyl (C=O) groups is 1. The van der Waals surface area contributed by atoms with Crippen molar-refractivity contribution in [2.75, 3.05) is 7.11 Å². The third-order valence-corrected chi connectivity index (χ3v) is 3.73. The molecule has 1 N–H and O–H groups in total. The van der Waals surface area contributed by atoms with Crippen molar-refractivity contribution in [2.45, 2.75) is 19.9 Å². The average molecular weight is 311 g/mol. The number of esters is 1. The summed E-state index contributed by atoms with van der Waals surface area (Å²) in [5.41, 5.74) is 3.07. The summed E-state index contributed by atoms with van der Waals surface area (Å²) in [7, 11) is 1.36. The highest BCUT2D eigenvalue weighted by Gasteiger charge is 2.15. The van der Waals surface area contributed by atoms with Crippen LogP contribution in [0.1, 0.15) is 21.6 Å². The van der Waals surface area contributed by atoms with Crippen LogP contribution in [0.2, 0.25) is 0 Å². The fraction of sp³-hybridized carbons (Fsp3) is 0.235. The number of hydrogen-bond acceptors (Lipinski definition) is 5. The van der Waals surface area contributed by atoms with Gasteiger partial charge in [-0.15, -0.1) is 0 Å². The van der Waals surface area contributed by atoms with Crippen LogP contribution >= 0.6 is 0 Å². The second-order valence-electron chi connectivity index (χ2n) is 5.33. The molecule has 0 spiro atoms. The highest BCUT2D eigenvalue weighted by Crippen LogP contribution is 2.29. The van der Waals surface area contributed by atoms with Crippen molar-refractivity contribution in [3.8, 4) is 17.3 Å². The maximum Gasteiger partial charge on any atom is 0.337 e. The second-order valence-corrected chi connectivity index (χ2v) is 5.33. The summed E-state index contributed by atoms with van der Waals surface area (Å²) >= 11 is 0. The minimum atomic E-state index is -0.350. The maximum absolute atomic E-state index is 11.4. The highest BCUT2D eigenvalue weighted by atomic mass is 16.5. The Labute approximate surface area is 133 Å². The average Bonchev–Trinajstić information content (AvgIpc) is 2.95. The number of aromatic hydroxyl groups is 1. The van der Waals surface area contributed by atoms with Crippen LogP contribution in [0.4, 0.5) is 0 Å². The molecule has 1 aromatic carbocycles. The van der Waals surface area contributed by atoms with Crippen LogP contribution in [0.5, 0.6) is 5.88 Å². The molecule has 0 saturated heterocycles. The Morgan fingerprint density at radius 3 is 2.74 bits per heavy atom. The van der Waals surface area contributed by atoms with Crippen molar-refractivity contribution in [1.82, 2.24) is 14.5 Å². The zero-order valence-corrected chi connectivity index (χ0v) is 13.0. The smallest absolute Gasteiger partial charge is 0.337 e. The van der Waals surface area contributed by atoms with Crippen LogP contribution in [0.15, 0.2) is 36.7 Å². The molecule has 0 atom stereocenters. The molecule has 2 heterocycles. The van der Waals surface area contributed by atoms with Gasteiger partial charge in [0.25, 0.3) is 0 Å². The van der Waals surface area contributed by atoms with Gasteiger partial charge in [-0.3, -0.25) is 0 Å². The van der Waals surface area contributed by atoms with Crippen molar-refractivity contribution in [3.05, 3.63) is 53.5 Å². The Balaban J connectivity index is 1.75. The molecule has 6 heteroatoms. The predicted molar refractivity (Wildman–Crippen MR) is 84.5 cm³/mol. The Hall–Kier alpha value is -2.89. The quantitative estimate of drug-likeness (QED) is 0.749. The minimum Gasteiger partial charge on any atom is -0.494 e. The number of aromatic nitrogens is 3. The van der Waals surface area contributed by atoms with E-state index in [1.807, 2.05) is 25.1 Å². The summed E-state index contributed by atoms with van der Waals surface area (Å²) in [6.45, 7) is 2.45. The standard InChI is InChI=1S/C17H17N3O3/c1-11-9-14-15(19-11)18-10-20(16(14)21)8-7-12-3-5-13(6-4-12)17(22)23-2/h3-6,9-10,21H,7-8H2,1-2H3. The van der Waals surface area contributed by atoms with E-state index in [0.29, 0.717) is 29.9 Å². The number of methoxy groups -OCH3 is 1. The zero-order valence-electron chi connectivity index (χ0n) is 13.0. The Morgan fingerprint density at radius 1 is 1.30 bits per heavy atom. The number of benzene rings is 1. The minimum absolute atomic E-state index is 0.168. The van der Waals surface area contributed by atoms with Gasteiger partial charge in [0.1, 0.15) is 0 Å². The molecule has 3 rings (SSSR count). The third kappa shape index (κ3) is 3.01. The van der Waals surface area contributed by atoms with Crippen molar-refractivity contribution < 1.29 is 14.6 Å². The van der Waals surface area contributed by atoms with Gasteiger partial charge in [-0.05, 0) is 37.1 Å². The summed E-state index contributed by atoms with van der Waals surface area (Å²) in [4.78, 5) is 19.9. The molecule has 0 bridgehead atoms. The van der Waals surface area contributed by atoms with Crippen LogP contribution < -0.4 is 0 Å². The van der Waals surface area contributed by atoms with Gasteiger partial charge < -0.3 is 14.4 Å². The lowest BCUT2D eigenvalue weighted by molar-refractivity contribution is 0.0600. The molecule has 0 fully saturated rings. The molecule has 2 aliphatic rings. The van der Waals surface area contributed by atoms with Gasteiger partial charge in [-0.1, -0.05) is 12.1 Å². The first-order chi connectivity index (χ1) is 11.1. The van der Waals surface area contributed by atoms with Crippen LogP contribution in [0.3, 0.4) is 0 Å². The van der Waals surface area contributed by atoms with Crippen LogP contribution in [0.25, 0.3) is 11.4 Å². The molecule has 0 unspecified atom stereocenters. The SMILES string of the molecule is COC(=O)c1ccc(CCn2cnc3nc(C)cc-3c2O)cc1. The third-order valence-electron chi connectivity index (χ3n) is 3.73. The first-order valence-electron chi connectivity index (χ1n) is 7.27. The largest absolute Gasteiger partial charge is 0.494 e. The molecular formula is C17H17N3O3. The number of carbonyl (C=O) groups excluding carboxylic acids is 1. The van der Waals surface area contributed by atoms with Gasteiger partial charge in [0, 0.05) is 12.2 Å². The summed E-state index contributed by atoms with van der Waals surface area (Å²) in [6.07, 6.45) is 2.30. The van der Waals surface area contributed by atoms with E-state index in [-0.39, 0.29) is 11.8 Å². The summed E-state index contributed by atoms with van der Waals surface area (Å²) < 4.78 is 6.37. The van der Waals surface area contributed by atoms with Gasteiger partial charge >= 0.3 is 5.97 Å². The fourth-order valence-electron chi connectivity index (χ4n) is 2.47. The van der Waals surface area contributed by atoms with Crippen LogP contribution in [-0.2, 0) is 17.7 Å². The topological polar surface area (TPSA) is 77.2 Å². The fourth-order valence-corrected chi connectivity index (χ4v) is 2.47. The zero-order chi connectivity index (χ0) is 16.4. The number of fused-ring (bicyclic) bond motifs is 1. The van der Waals surface area contributed by atoms with Gasteiger partial charge in [0.15, 0.2) is 5.82 Å². The molecule has 0 radical (unpaired) electrons. The molecule has 0 amide bonds. The van der Waals surface area contributed by atoms with Gasteiger partial charge in [0.05, 0.1) is 24.6 Å². The molecule has 23 heavy (non-hydrogen) atoms. The lowest BCUT2D eigenvalue weighted by Crippen LogP contribution is -2.06. The maximum atomic E-state index is 11.4. The van der Waals surface area contributed by atoms with Crippen molar-refractivity contribution in [3.63, 3.8) is 0 Å². The molecule has 0 saturated carbocycles. The summed E-state index contributed by atoms with van der Waals surface area (Å²) in [6, 6.07) is 9.04. The number of ether oxygens (including phenoxy) is 1. The second kappa shape index (κ2) is 6.08. The summed E-state index contributed by atoms with van der Waals surface area (Å²) in [5.74, 6) is 0.373. The van der Waals surface area contributed by atoms with Gasteiger partial charge in [-0.2, -0.15) is 0 Å². The van der Waals surface area contributed by atoms with E-state index >= 15 is 0 Å². The molecule has 2 aliphatic heterocycles.